The van der Waals surface area contributed by atoms with Crippen LogP contribution in [0.1, 0.15) is 27.3 Å². The Hall–Kier alpha value is -2.26. The van der Waals surface area contributed by atoms with Gasteiger partial charge in [-0.2, -0.15) is 0 Å². The largest absolute Gasteiger partial charge is 0.346 e. The number of hydrogen-bond acceptors (Lipinski definition) is 6. The second kappa shape index (κ2) is 8.21. The number of aromatic nitrogens is 4. The number of benzene rings is 1. The van der Waals surface area contributed by atoms with Gasteiger partial charge in [0.1, 0.15) is 10.8 Å². The maximum atomic E-state index is 12.9. The van der Waals surface area contributed by atoms with Crippen molar-refractivity contribution in [1.29, 1.82) is 0 Å². The number of carbonyl (C=O) groups excluding carboxylic acids is 1. The molecular formula is C16H16FN5OS2. The summed E-state index contributed by atoms with van der Waals surface area (Å²) >= 11 is 2.82. The van der Waals surface area contributed by atoms with Crippen LogP contribution in [0, 0.1) is 5.82 Å². The summed E-state index contributed by atoms with van der Waals surface area (Å²) in [6.07, 6.45) is 3.69. The van der Waals surface area contributed by atoms with Crippen LogP contribution in [-0.2, 0) is 18.8 Å². The third-order valence-electron chi connectivity index (χ3n) is 3.37. The van der Waals surface area contributed by atoms with Crippen LogP contribution in [0.3, 0.4) is 0 Å². The summed E-state index contributed by atoms with van der Waals surface area (Å²) in [4.78, 5) is 16.4. The van der Waals surface area contributed by atoms with Gasteiger partial charge in [-0.25, -0.2) is 9.37 Å². The van der Waals surface area contributed by atoms with Crippen LogP contribution in [0.4, 0.5) is 4.39 Å². The molecule has 0 aliphatic rings. The van der Waals surface area contributed by atoms with Gasteiger partial charge in [-0.3, -0.25) is 4.79 Å². The van der Waals surface area contributed by atoms with Crippen LogP contribution >= 0.6 is 23.1 Å². The van der Waals surface area contributed by atoms with Gasteiger partial charge in [0.05, 0.1) is 5.75 Å². The highest BCUT2D eigenvalue weighted by Gasteiger charge is 2.13. The van der Waals surface area contributed by atoms with E-state index in [9.17, 15) is 9.18 Å². The van der Waals surface area contributed by atoms with Gasteiger partial charge in [-0.05, 0) is 24.6 Å². The molecule has 6 nitrogen and oxygen atoms in total. The highest BCUT2D eigenvalue weighted by molar-refractivity contribution is 7.98. The highest BCUT2D eigenvalue weighted by Crippen LogP contribution is 2.23. The second-order valence-corrected chi connectivity index (χ2v) is 7.10. The molecule has 0 aliphatic heterocycles. The lowest BCUT2D eigenvalue weighted by Crippen LogP contribution is -2.22. The van der Waals surface area contributed by atoms with Crippen LogP contribution < -0.4 is 5.32 Å². The first kappa shape index (κ1) is 17.6. The third kappa shape index (κ3) is 4.64. The maximum Gasteiger partial charge on any atom is 0.282 e. The van der Waals surface area contributed by atoms with Crippen molar-refractivity contribution in [3.63, 3.8) is 0 Å². The number of nitrogens with one attached hydrogen (secondary N) is 1. The molecule has 0 saturated carbocycles. The number of imidazole rings is 1. The minimum atomic E-state index is -0.301. The highest BCUT2D eigenvalue weighted by atomic mass is 32.2. The summed E-state index contributed by atoms with van der Waals surface area (Å²) in [7, 11) is 0. The monoisotopic (exact) mass is 377 g/mol. The third-order valence-corrected chi connectivity index (χ3v) is 5.49. The lowest BCUT2D eigenvalue weighted by Gasteiger charge is -2.02. The lowest BCUT2D eigenvalue weighted by atomic mass is 10.2. The van der Waals surface area contributed by atoms with E-state index in [1.807, 2.05) is 10.8 Å². The van der Waals surface area contributed by atoms with Crippen LogP contribution in [-0.4, -0.2) is 25.7 Å². The van der Waals surface area contributed by atoms with Crippen molar-refractivity contribution in [3.8, 4) is 0 Å². The molecule has 3 aromatic rings. The Balaban J connectivity index is 1.53. The quantitative estimate of drug-likeness (QED) is 0.641. The van der Waals surface area contributed by atoms with Crippen molar-refractivity contribution < 1.29 is 9.18 Å². The molecule has 130 valence electrons. The van der Waals surface area contributed by atoms with E-state index >= 15 is 0 Å². The standard InChI is InChI=1S/C16H16FN5OS2/c1-2-22-8-7-18-16(22)24-10-13-20-21-15(25-13)14(23)19-9-11-3-5-12(17)6-4-11/h3-8H,2,9-10H2,1H3,(H,19,23). The Morgan fingerprint density at radius 3 is 2.88 bits per heavy atom. The normalized spacial score (nSPS) is 10.8. The van der Waals surface area contributed by atoms with Crippen molar-refractivity contribution >= 4 is 29.0 Å². The van der Waals surface area contributed by atoms with Gasteiger partial charge >= 0.3 is 0 Å². The predicted octanol–water partition coefficient (Wildman–Crippen LogP) is 3.12. The zero-order valence-electron chi connectivity index (χ0n) is 13.5. The predicted molar refractivity (Wildman–Crippen MR) is 94.9 cm³/mol. The first-order valence-corrected chi connectivity index (χ1v) is 9.45. The van der Waals surface area contributed by atoms with Gasteiger partial charge in [-0.15, -0.1) is 10.2 Å². The number of nitrogens with zero attached hydrogens (tertiary/aromatic N) is 4. The molecule has 25 heavy (non-hydrogen) atoms. The molecule has 0 spiro atoms. The Labute approximate surface area is 152 Å². The van der Waals surface area contributed by atoms with Crippen LogP contribution in [0.15, 0.2) is 41.8 Å². The maximum absolute atomic E-state index is 12.9. The molecule has 1 aromatic carbocycles. The average molecular weight is 377 g/mol. The number of rotatable bonds is 7. The minimum Gasteiger partial charge on any atom is -0.346 e. The molecule has 2 aromatic heterocycles. The van der Waals surface area contributed by atoms with E-state index in [4.69, 9.17) is 0 Å². The molecule has 0 aliphatic carbocycles. The van der Waals surface area contributed by atoms with Crippen LogP contribution in [0.2, 0.25) is 0 Å². The van der Waals surface area contributed by atoms with E-state index in [-0.39, 0.29) is 11.7 Å². The topological polar surface area (TPSA) is 72.7 Å². The molecule has 3 rings (SSSR count). The van der Waals surface area contributed by atoms with Crippen molar-refractivity contribution in [2.75, 3.05) is 0 Å². The van der Waals surface area contributed by atoms with E-state index in [1.165, 1.54) is 23.5 Å². The van der Waals surface area contributed by atoms with Crippen molar-refractivity contribution in [2.45, 2.75) is 30.9 Å². The summed E-state index contributed by atoms with van der Waals surface area (Å²) in [6, 6.07) is 5.99. The molecule has 0 fully saturated rings. The van der Waals surface area contributed by atoms with Gasteiger partial charge in [0.25, 0.3) is 5.91 Å². The molecule has 1 N–H and O–H groups in total. The first-order chi connectivity index (χ1) is 12.2. The smallest absolute Gasteiger partial charge is 0.282 e. The van der Waals surface area contributed by atoms with E-state index in [0.717, 1.165) is 22.3 Å². The van der Waals surface area contributed by atoms with E-state index in [0.29, 0.717) is 17.3 Å². The van der Waals surface area contributed by atoms with Gasteiger partial charge in [0.2, 0.25) is 5.01 Å². The molecule has 0 unspecified atom stereocenters. The van der Waals surface area contributed by atoms with Gasteiger partial charge in [0.15, 0.2) is 5.16 Å². The number of thioether (sulfide) groups is 1. The molecule has 0 atom stereocenters. The molecule has 0 radical (unpaired) electrons. The molecule has 9 heteroatoms. The van der Waals surface area contributed by atoms with Gasteiger partial charge < -0.3 is 9.88 Å². The summed E-state index contributed by atoms with van der Waals surface area (Å²) in [5, 5.41) is 12.8. The fourth-order valence-corrected chi connectivity index (χ4v) is 3.83. The SMILES string of the molecule is CCn1ccnc1SCc1nnc(C(=O)NCc2ccc(F)cc2)s1. The van der Waals surface area contributed by atoms with Crippen molar-refractivity contribution in [3.05, 3.63) is 58.1 Å². The average Bonchev–Trinajstić information content (AvgIpc) is 3.28. The van der Waals surface area contributed by atoms with Crippen LogP contribution in [0.5, 0.6) is 0 Å². The second-order valence-electron chi connectivity index (χ2n) is 5.09. The number of amides is 1. The van der Waals surface area contributed by atoms with Crippen molar-refractivity contribution in [1.82, 2.24) is 25.1 Å². The molecule has 0 saturated heterocycles. The number of hydrogen-bond donors (Lipinski definition) is 1. The number of aryl methyl sites for hydroxylation is 1. The lowest BCUT2D eigenvalue weighted by molar-refractivity contribution is 0.0950. The summed E-state index contributed by atoms with van der Waals surface area (Å²) in [5.74, 6) is 0.0260. The van der Waals surface area contributed by atoms with Gasteiger partial charge in [-0.1, -0.05) is 35.2 Å². The zero-order chi connectivity index (χ0) is 17.6. The van der Waals surface area contributed by atoms with Crippen molar-refractivity contribution in [2.24, 2.45) is 0 Å². The molecule has 2 heterocycles. The Kier molecular flexibility index (Phi) is 5.77. The number of halogens is 1. The van der Waals surface area contributed by atoms with E-state index in [1.54, 1.807) is 30.1 Å². The number of carbonyl (C=O) groups is 1. The van der Waals surface area contributed by atoms with E-state index in [2.05, 4.69) is 27.4 Å². The molecule has 0 bridgehead atoms. The molecular weight excluding hydrogens is 361 g/mol. The molecule has 1 amide bonds. The zero-order valence-corrected chi connectivity index (χ0v) is 15.1. The van der Waals surface area contributed by atoms with Crippen LogP contribution in [0.25, 0.3) is 0 Å². The fourth-order valence-electron chi connectivity index (χ4n) is 2.07. The summed E-state index contributed by atoms with van der Waals surface area (Å²) < 4.78 is 14.9. The minimum absolute atomic E-state index is 0.284. The van der Waals surface area contributed by atoms with Gasteiger partial charge in [0, 0.05) is 25.5 Å². The Morgan fingerprint density at radius 2 is 2.12 bits per heavy atom. The summed E-state index contributed by atoms with van der Waals surface area (Å²) in [5.41, 5.74) is 0.821. The first-order valence-electron chi connectivity index (χ1n) is 7.64. The Morgan fingerprint density at radius 1 is 1.32 bits per heavy atom. The summed E-state index contributed by atoms with van der Waals surface area (Å²) in [6.45, 7) is 3.23. The fraction of sp³-hybridized carbons (Fsp3) is 0.250. The Bertz CT molecular complexity index is 846. The van der Waals surface area contributed by atoms with E-state index < -0.39 is 0 Å².